The van der Waals surface area contributed by atoms with Gasteiger partial charge in [0.25, 0.3) is 0 Å². The number of hydrogen-bond acceptors (Lipinski definition) is 5. The Hall–Kier alpha value is -0.465. The van der Waals surface area contributed by atoms with Gasteiger partial charge in [0.05, 0.1) is 0 Å². The number of carbonyl (C=O) groups is 2. The first-order valence-electron chi connectivity index (χ1n) is 1.63. The first-order valence-corrected chi connectivity index (χ1v) is 1.63. The smallest absolute Gasteiger partial charge is 0.410 e. The van der Waals surface area contributed by atoms with Crippen molar-refractivity contribution in [2.75, 3.05) is 0 Å². The second kappa shape index (κ2) is 5.33. The number of aliphatic carboxylic acids is 1. The van der Waals surface area contributed by atoms with Gasteiger partial charge in [0.1, 0.15) is 0 Å². The number of carbonyl (C=O) groups excluding carboxylic acids is 1. The second-order valence-electron chi connectivity index (χ2n) is 0.908. The molecule has 0 atom stereocenters. The van der Waals surface area contributed by atoms with Crippen molar-refractivity contribution < 1.29 is 60.2 Å². The standard InChI is InChI=1S/C2HNO6.La/c4-1(5)2(6)9-3(7)8;/h(H,4,5);. The monoisotopic (exact) mass is 274 g/mol. The Balaban J connectivity index is 0. The molecule has 0 aliphatic rings. The van der Waals surface area contributed by atoms with Crippen molar-refractivity contribution in [2.24, 2.45) is 0 Å². The van der Waals surface area contributed by atoms with Crippen LogP contribution >= 0.6 is 0 Å². The largest absolute Gasteiger partial charge is 0.474 e. The van der Waals surface area contributed by atoms with Crippen LogP contribution in [-0.4, -0.2) is 22.1 Å². The van der Waals surface area contributed by atoms with Gasteiger partial charge in [-0.25, -0.2) is 9.63 Å². The third-order valence-corrected chi connectivity index (χ3v) is 0.332. The molecule has 0 rings (SSSR count). The molecule has 0 bridgehead atoms. The van der Waals surface area contributed by atoms with Gasteiger partial charge in [-0.1, -0.05) is 0 Å². The van der Waals surface area contributed by atoms with Gasteiger partial charge in [0.15, 0.2) is 0 Å². The number of rotatable bonds is 1. The molecule has 53 valence electrons. The second-order valence-corrected chi connectivity index (χ2v) is 0.908. The predicted octanol–water partition coefficient (Wildman–Crippen LogP) is -1.19. The van der Waals surface area contributed by atoms with Crippen molar-refractivity contribution in [2.45, 2.75) is 0 Å². The molecule has 0 unspecified atom stereocenters. The summed E-state index contributed by atoms with van der Waals surface area (Å²) < 4.78 is 0. The summed E-state index contributed by atoms with van der Waals surface area (Å²) in [6.45, 7) is 0. The average Bonchev–Trinajstić information content (AvgIpc) is 1.63. The van der Waals surface area contributed by atoms with Crippen molar-refractivity contribution in [3.05, 3.63) is 10.1 Å². The van der Waals surface area contributed by atoms with Crippen molar-refractivity contribution in [3.8, 4) is 0 Å². The van der Waals surface area contributed by atoms with Gasteiger partial charge in [0, 0.05) is 35.6 Å². The van der Waals surface area contributed by atoms with Gasteiger partial charge in [-0.05, 0) is 0 Å². The van der Waals surface area contributed by atoms with Gasteiger partial charge >= 0.3 is 17.0 Å². The molecule has 0 aromatic carbocycles. The molecule has 0 spiro atoms. The zero-order valence-electron chi connectivity index (χ0n) is 4.51. The summed E-state index contributed by atoms with van der Waals surface area (Å²) in [5, 5.41) is 15.4. The number of nitrogens with zero attached hydrogens (tertiary/aromatic N) is 1. The van der Waals surface area contributed by atoms with Crippen molar-refractivity contribution >= 4 is 11.9 Å². The van der Waals surface area contributed by atoms with Crippen LogP contribution in [0.1, 0.15) is 0 Å². The van der Waals surface area contributed by atoms with E-state index in [1.54, 1.807) is 0 Å². The molecule has 0 aromatic heterocycles. The zero-order valence-corrected chi connectivity index (χ0v) is 8.14. The summed E-state index contributed by atoms with van der Waals surface area (Å²) >= 11 is 0. The van der Waals surface area contributed by atoms with Crippen LogP contribution in [0.2, 0.25) is 0 Å². The Labute approximate surface area is 82.0 Å². The maximum atomic E-state index is 9.69. The average molecular weight is 274 g/mol. The van der Waals surface area contributed by atoms with Crippen LogP contribution in [0.15, 0.2) is 0 Å². The summed E-state index contributed by atoms with van der Waals surface area (Å²) in [6, 6.07) is 0. The summed E-state index contributed by atoms with van der Waals surface area (Å²) in [4.78, 5) is 31.4. The molecule has 10 heavy (non-hydrogen) atoms. The Bertz CT molecular complexity index is 165. The van der Waals surface area contributed by atoms with E-state index in [0.29, 0.717) is 0 Å². The van der Waals surface area contributed by atoms with Crippen LogP contribution < -0.4 is 0 Å². The predicted molar refractivity (Wildman–Crippen MR) is 20.7 cm³/mol. The Morgan fingerprint density at radius 1 is 1.50 bits per heavy atom. The van der Waals surface area contributed by atoms with Crippen molar-refractivity contribution in [3.63, 3.8) is 0 Å². The molecule has 1 radical (unpaired) electrons. The first kappa shape index (κ1) is 12.2. The molecule has 0 aromatic rings. The minimum atomic E-state index is -1.99. The quantitative estimate of drug-likeness (QED) is 0.366. The van der Waals surface area contributed by atoms with Gasteiger partial charge < -0.3 is 5.11 Å². The fourth-order valence-corrected chi connectivity index (χ4v) is 0.107. The Morgan fingerprint density at radius 2 is 1.90 bits per heavy atom. The van der Waals surface area contributed by atoms with E-state index in [2.05, 4.69) is 4.84 Å². The van der Waals surface area contributed by atoms with Gasteiger partial charge in [-0.3, -0.25) is 4.79 Å². The van der Waals surface area contributed by atoms with E-state index in [1.807, 2.05) is 0 Å². The molecule has 1 N–H and O–H groups in total. The van der Waals surface area contributed by atoms with E-state index < -0.39 is 17.0 Å². The van der Waals surface area contributed by atoms with Crippen LogP contribution in [0.4, 0.5) is 0 Å². The van der Waals surface area contributed by atoms with E-state index >= 15 is 0 Å². The molecular weight excluding hydrogens is 273 g/mol. The van der Waals surface area contributed by atoms with E-state index in [0.717, 1.165) is 0 Å². The molecule has 0 heterocycles. The van der Waals surface area contributed by atoms with Crippen LogP contribution in [-0.2, 0) is 14.4 Å². The van der Waals surface area contributed by atoms with E-state index in [4.69, 9.17) is 5.11 Å². The minimum Gasteiger partial charge on any atom is -0.474 e. The molecule has 0 aliphatic heterocycles. The maximum absolute atomic E-state index is 9.69. The van der Waals surface area contributed by atoms with Gasteiger partial charge in [-0.2, -0.15) is 0 Å². The molecule has 0 saturated carbocycles. The number of carboxylic acids is 1. The van der Waals surface area contributed by atoms with Crippen molar-refractivity contribution in [1.29, 1.82) is 0 Å². The van der Waals surface area contributed by atoms with Crippen LogP contribution in [0.25, 0.3) is 0 Å². The third-order valence-electron chi connectivity index (χ3n) is 0.332. The first-order chi connectivity index (χ1) is 4.04. The Kier molecular flexibility index (Phi) is 6.52. The fourth-order valence-electron chi connectivity index (χ4n) is 0.107. The molecule has 8 heteroatoms. The van der Waals surface area contributed by atoms with Crippen LogP contribution in [0, 0.1) is 45.7 Å². The minimum absolute atomic E-state index is 0. The topological polar surface area (TPSA) is 107 Å². The third kappa shape index (κ3) is 5.67. The molecule has 0 aliphatic carbocycles. The van der Waals surface area contributed by atoms with Crippen LogP contribution in [0.5, 0.6) is 0 Å². The number of hydrogen-bond donors (Lipinski definition) is 1. The van der Waals surface area contributed by atoms with Gasteiger partial charge in [-0.15, -0.1) is 10.1 Å². The van der Waals surface area contributed by atoms with E-state index in [9.17, 15) is 19.7 Å². The maximum Gasteiger partial charge on any atom is 0.410 e. The summed E-state index contributed by atoms with van der Waals surface area (Å²) in [6.07, 6.45) is 0. The molecule has 0 saturated heterocycles. The fraction of sp³-hybridized carbons (Fsp3) is 0. The number of carboxylic acid groups (broad SMARTS) is 1. The summed E-state index contributed by atoms with van der Waals surface area (Å²) in [5.41, 5.74) is 0. The summed E-state index contributed by atoms with van der Waals surface area (Å²) in [7, 11) is 0. The molecule has 0 amide bonds. The normalized spacial score (nSPS) is 7.20. The molecular formula is C2HLaNO6. The Morgan fingerprint density at radius 3 is 2.00 bits per heavy atom. The van der Waals surface area contributed by atoms with Crippen LogP contribution in [0.3, 0.4) is 0 Å². The zero-order chi connectivity index (χ0) is 7.44. The van der Waals surface area contributed by atoms with Crippen molar-refractivity contribution in [1.82, 2.24) is 0 Å². The molecule has 7 nitrogen and oxygen atoms in total. The summed E-state index contributed by atoms with van der Waals surface area (Å²) in [5.74, 6) is -3.90. The van der Waals surface area contributed by atoms with E-state index in [1.165, 1.54) is 0 Å². The van der Waals surface area contributed by atoms with E-state index in [-0.39, 0.29) is 35.6 Å². The SMILES string of the molecule is O=C(O)C(=O)O[N+](=O)[O-].[La]. The van der Waals surface area contributed by atoms with Gasteiger partial charge in [0.2, 0.25) is 0 Å². The molecule has 0 fully saturated rings.